The van der Waals surface area contributed by atoms with Crippen LogP contribution in [0.2, 0.25) is 0 Å². The molecule has 6 heteroatoms. The summed E-state index contributed by atoms with van der Waals surface area (Å²) in [6, 6.07) is 18.7. The molecule has 0 aliphatic carbocycles. The predicted molar refractivity (Wildman–Crippen MR) is 123 cm³/mol. The fourth-order valence-corrected chi connectivity index (χ4v) is 4.48. The fourth-order valence-electron chi connectivity index (χ4n) is 4.48. The molecule has 2 aromatic carbocycles. The Labute approximate surface area is 184 Å². The Balaban J connectivity index is 1.23. The predicted octanol–water partition coefficient (Wildman–Crippen LogP) is 3.66. The smallest absolute Gasteiger partial charge is 0.253 e. The lowest BCUT2D eigenvalue weighted by atomic mass is 10.00. The van der Waals surface area contributed by atoms with Crippen LogP contribution in [0.25, 0.3) is 0 Å². The fraction of sp³-hybridized carbons (Fsp3) is 0.440. The molecule has 2 unspecified atom stereocenters. The molecule has 0 aromatic heterocycles. The number of hydrogen-bond donors (Lipinski definition) is 2. The van der Waals surface area contributed by atoms with E-state index in [1.54, 1.807) is 4.90 Å². The van der Waals surface area contributed by atoms with Crippen molar-refractivity contribution in [3.05, 3.63) is 65.7 Å². The third kappa shape index (κ3) is 5.32. The van der Waals surface area contributed by atoms with Gasteiger partial charge in [0.05, 0.1) is 0 Å². The van der Waals surface area contributed by atoms with Crippen LogP contribution in [0, 0.1) is 0 Å². The summed E-state index contributed by atoms with van der Waals surface area (Å²) in [5.41, 5.74) is 9.64. The maximum atomic E-state index is 12.8. The number of hydrazine groups is 1. The van der Waals surface area contributed by atoms with Crippen molar-refractivity contribution in [3.63, 3.8) is 0 Å². The molecule has 31 heavy (non-hydrogen) atoms. The molecule has 164 valence electrons. The molecule has 2 saturated heterocycles. The highest BCUT2D eigenvalue weighted by Crippen LogP contribution is 2.24. The molecule has 2 amide bonds. The van der Waals surface area contributed by atoms with Gasteiger partial charge in [0, 0.05) is 49.9 Å². The van der Waals surface area contributed by atoms with Gasteiger partial charge in [-0.3, -0.25) is 20.4 Å². The lowest BCUT2D eigenvalue weighted by molar-refractivity contribution is -0.119. The molecule has 2 aliphatic rings. The normalized spacial score (nSPS) is 21.3. The first-order valence-electron chi connectivity index (χ1n) is 11.3. The lowest BCUT2D eigenvalue weighted by Crippen LogP contribution is -2.35. The van der Waals surface area contributed by atoms with Crippen molar-refractivity contribution in [1.29, 1.82) is 0 Å². The SMILES string of the molecule is CN(CCCC1CC(c2ccccc2)NN1)C(=O)c1ccc(N2CCCCC2=O)cc1. The van der Waals surface area contributed by atoms with Crippen LogP contribution >= 0.6 is 0 Å². The Kier molecular flexibility index (Phi) is 6.99. The number of hydrogen-bond acceptors (Lipinski definition) is 4. The second-order valence-corrected chi connectivity index (χ2v) is 8.60. The molecular formula is C25H32N4O2. The number of carbonyl (C=O) groups is 2. The van der Waals surface area contributed by atoms with E-state index >= 15 is 0 Å². The van der Waals surface area contributed by atoms with Gasteiger partial charge in [0.2, 0.25) is 5.91 Å². The van der Waals surface area contributed by atoms with E-state index in [2.05, 4.69) is 35.1 Å². The van der Waals surface area contributed by atoms with Crippen molar-refractivity contribution in [2.24, 2.45) is 0 Å². The Bertz CT molecular complexity index is 884. The van der Waals surface area contributed by atoms with Crippen LogP contribution in [0.5, 0.6) is 0 Å². The number of rotatable bonds is 7. The van der Waals surface area contributed by atoms with Crippen LogP contribution < -0.4 is 15.8 Å². The van der Waals surface area contributed by atoms with Gasteiger partial charge in [-0.1, -0.05) is 30.3 Å². The minimum Gasteiger partial charge on any atom is -0.342 e. The van der Waals surface area contributed by atoms with Crippen LogP contribution in [0.15, 0.2) is 54.6 Å². The lowest BCUT2D eigenvalue weighted by Gasteiger charge is -2.27. The highest BCUT2D eigenvalue weighted by atomic mass is 16.2. The molecule has 4 rings (SSSR count). The molecule has 0 saturated carbocycles. The molecule has 2 atom stereocenters. The van der Waals surface area contributed by atoms with Gasteiger partial charge in [-0.2, -0.15) is 0 Å². The monoisotopic (exact) mass is 420 g/mol. The molecule has 0 bridgehead atoms. The molecular weight excluding hydrogens is 388 g/mol. The van der Waals surface area contributed by atoms with E-state index < -0.39 is 0 Å². The van der Waals surface area contributed by atoms with Crippen molar-refractivity contribution < 1.29 is 9.59 Å². The summed E-state index contributed by atoms with van der Waals surface area (Å²) >= 11 is 0. The maximum Gasteiger partial charge on any atom is 0.253 e. The average Bonchev–Trinajstić information content (AvgIpc) is 3.28. The van der Waals surface area contributed by atoms with Crippen LogP contribution in [0.1, 0.15) is 60.5 Å². The number of anilines is 1. The zero-order chi connectivity index (χ0) is 21.6. The first-order chi connectivity index (χ1) is 15.1. The van der Waals surface area contributed by atoms with Gasteiger partial charge >= 0.3 is 0 Å². The Hall–Kier alpha value is -2.70. The second-order valence-electron chi connectivity index (χ2n) is 8.60. The summed E-state index contributed by atoms with van der Waals surface area (Å²) < 4.78 is 0. The van der Waals surface area contributed by atoms with Crippen molar-refractivity contribution in [1.82, 2.24) is 15.8 Å². The number of benzene rings is 2. The van der Waals surface area contributed by atoms with E-state index in [1.165, 1.54) is 5.56 Å². The molecule has 6 nitrogen and oxygen atoms in total. The van der Waals surface area contributed by atoms with Gasteiger partial charge in [0.15, 0.2) is 0 Å². The van der Waals surface area contributed by atoms with Gasteiger partial charge in [-0.25, -0.2) is 0 Å². The first kappa shape index (κ1) is 21.5. The Morgan fingerprint density at radius 2 is 1.84 bits per heavy atom. The molecule has 2 heterocycles. The number of piperidine rings is 1. The van der Waals surface area contributed by atoms with Crippen LogP contribution in [0.4, 0.5) is 5.69 Å². The van der Waals surface area contributed by atoms with Gasteiger partial charge in [0.25, 0.3) is 5.91 Å². The third-order valence-corrected chi connectivity index (χ3v) is 6.33. The van der Waals surface area contributed by atoms with Gasteiger partial charge in [-0.15, -0.1) is 0 Å². The zero-order valence-electron chi connectivity index (χ0n) is 18.2. The van der Waals surface area contributed by atoms with Crippen LogP contribution in [-0.4, -0.2) is 42.9 Å². The van der Waals surface area contributed by atoms with Gasteiger partial charge < -0.3 is 9.80 Å². The first-order valence-corrected chi connectivity index (χ1v) is 11.3. The van der Waals surface area contributed by atoms with E-state index in [-0.39, 0.29) is 11.8 Å². The quantitative estimate of drug-likeness (QED) is 0.718. The van der Waals surface area contributed by atoms with E-state index in [4.69, 9.17) is 0 Å². The summed E-state index contributed by atoms with van der Waals surface area (Å²) in [4.78, 5) is 28.5. The van der Waals surface area contributed by atoms with E-state index in [1.807, 2.05) is 42.3 Å². The molecule has 2 aromatic rings. The number of nitrogens with one attached hydrogen (secondary N) is 2. The molecule has 2 fully saturated rings. The second kappa shape index (κ2) is 10.1. The van der Waals surface area contributed by atoms with Crippen LogP contribution in [-0.2, 0) is 4.79 Å². The molecule has 0 radical (unpaired) electrons. The number of nitrogens with zero attached hydrogens (tertiary/aromatic N) is 2. The Morgan fingerprint density at radius 3 is 2.58 bits per heavy atom. The minimum atomic E-state index is 0.0242. The van der Waals surface area contributed by atoms with Gasteiger partial charge in [-0.05, 0) is 61.9 Å². The number of carbonyl (C=O) groups excluding carboxylic acids is 2. The summed E-state index contributed by atoms with van der Waals surface area (Å²) in [6.45, 7) is 1.49. The zero-order valence-corrected chi connectivity index (χ0v) is 18.2. The van der Waals surface area contributed by atoms with Crippen molar-refractivity contribution in [2.45, 2.75) is 50.6 Å². The standard InChI is InChI=1S/C25H32N4O2/c1-28(16-7-10-21-18-23(27-26-21)19-8-3-2-4-9-19)25(31)20-12-14-22(15-13-20)29-17-6-5-11-24(29)30/h2-4,8-9,12-15,21,23,26-27H,5-7,10-11,16-18H2,1H3. The minimum absolute atomic E-state index is 0.0242. The highest BCUT2D eigenvalue weighted by molar-refractivity contribution is 5.96. The van der Waals surface area contributed by atoms with Crippen molar-refractivity contribution in [3.8, 4) is 0 Å². The van der Waals surface area contributed by atoms with Crippen molar-refractivity contribution >= 4 is 17.5 Å². The van der Waals surface area contributed by atoms with Crippen molar-refractivity contribution in [2.75, 3.05) is 25.0 Å². The molecule has 2 N–H and O–H groups in total. The summed E-state index contributed by atoms with van der Waals surface area (Å²) in [5, 5.41) is 0. The number of amides is 2. The average molecular weight is 421 g/mol. The largest absolute Gasteiger partial charge is 0.342 e. The Morgan fingerprint density at radius 1 is 1.06 bits per heavy atom. The molecule has 2 aliphatic heterocycles. The van der Waals surface area contributed by atoms with E-state index in [9.17, 15) is 9.59 Å². The highest BCUT2D eigenvalue weighted by Gasteiger charge is 2.25. The third-order valence-electron chi connectivity index (χ3n) is 6.33. The summed E-state index contributed by atoms with van der Waals surface area (Å²) in [7, 11) is 1.86. The maximum absolute atomic E-state index is 12.8. The van der Waals surface area contributed by atoms with Gasteiger partial charge in [0.1, 0.15) is 0 Å². The summed E-state index contributed by atoms with van der Waals surface area (Å²) in [6.07, 6.45) is 5.63. The molecule has 0 spiro atoms. The van der Waals surface area contributed by atoms with Crippen LogP contribution in [0.3, 0.4) is 0 Å². The summed E-state index contributed by atoms with van der Waals surface area (Å²) in [5.74, 6) is 0.197. The topological polar surface area (TPSA) is 64.7 Å². The van der Waals surface area contributed by atoms with E-state index in [0.717, 1.165) is 50.9 Å². The van der Waals surface area contributed by atoms with E-state index in [0.29, 0.717) is 24.1 Å².